The Labute approximate surface area is 196 Å². The third kappa shape index (κ3) is 5.27. The van der Waals surface area contributed by atoms with Gasteiger partial charge in [-0.15, -0.1) is 11.8 Å². The van der Waals surface area contributed by atoms with Gasteiger partial charge >= 0.3 is 0 Å². The van der Waals surface area contributed by atoms with Gasteiger partial charge in [0.1, 0.15) is 5.75 Å². The molecular weight excluding hydrogens is 450 g/mol. The molecule has 1 amide bonds. The zero-order valence-electron chi connectivity index (χ0n) is 17.8. The molecule has 3 aromatic rings. The Bertz CT molecular complexity index is 1010. The number of thioether (sulfide) groups is 1. The van der Waals surface area contributed by atoms with Crippen LogP contribution in [0.4, 0.5) is 5.13 Å². The highest BCUT2D eigenvalue weighted by Crippen LogP contribution is 2.35. The molecule has 31 heavy (non-hydrogen) atoms. The van der Waals surface area contributed by atoms with E-state index in [-0.39, 0.29) is 5.91 Å². The van der Waals surface area contributed by atoms with Gasteiger partial charge in [0.15, 0.2) is 5.13 Å². The Balaban J connectivity index is 1.23. The van der Waals surface area contributed by atoms with Crippen molar-refractivity contribution in [3.05, 3.63) is 47.0 Å². The van der Waals surface area contributed by atoms with Crippen molar-refractivity contribution in [1.29, 1.82) is 0 Å². The number of piperazine rings is 1. The molecule has 0 unspecified atom stereocenters. The molecule has 1 aliphatic rings. The van der Waals surface area contributed by atoms with E-state index in [9.17, 15) is 4.79 Å². The minimum absolute atomic E-state index is 0.248. The number of aryl methyl sites for hydroxylation is 1. The second kappa shape index (κ2) is 10.1. The molecule has 0 radical (unpaired) electrons. The number of halogens is 1. The second-order valence-corrected chi connectivity index (χ2v) is 10.1. The fraction of sp³-hybridized carbons (Fsp3) is 0.391. The summed E-state index contributed by atoms with van der Waals surface area (Å²) >= 11 is 9.77. The molecule has 1 aliphatic heterocycles. The largest absolute Gasteiger partial charge is 0.497 e. The van der Waals surface area contributed by atoms with E-state index in [1.807, 2.05) is 29.2 Å². The summed E-state index contributed by atoms with van der Waals surface area (Å²) in [7, 11) is 1.67. The van der Waals surface area contributed by atoms with E-state index >= 15 is 0 Å². The lowest BCUT2D eigenvalue weighted by Gasteiger charge is -2.34. The maximum absolute atomic E-state index is 12.6. The van der Waals surface area contributed by atoms with Crippen LogP contribution in [0.3, 0.4) is 0 Å². The molecule has 0 spiro atoms. The first kappa shape index (κ1) is 22.2. The number of rotatable bonds is 7. The predicted molar refractivity (Wildman–Crippen MR) is 131 cm³/mol. The van der Waals surface area contributed by atoms with Crippen LogP contribution in [-0.4, -0.2) is 54.8 Å². The maximum Gasteiger partial charge on any atom is 0.222 e. The Morgan fingerprint density at radius 2 is 1.90 bits per heavy atom. The van der Waals surface area contributed by atoms with Crippen molar-refractivity contribution in [2.75, 3.05) is 43.9 Å². The van der Waals surface area contributed by atoms with Crippen LogP contribution >= 0.6 is 34.7 Å². The number of ether oxygens (including phenoxy) is 1. The molecule has 0 saturated carbocycles. The molecule has 164 valence electrons. The molecule has 0 aliphatic carbocycles. The third-order valence-electron chi connectivity index (χ3n) is 5.45. The van der Waals surface area contributed by atoms with Gasteiger partial charge in [-0.1, -0.05) is 29.0 Å². The number of benzene rings is 2. The highest BCUT2D eigenvalue weighted by molar-refractivity contribution is 7.99. The molecule has 1 fully saturated rings. The lowest BCUT2D eigenvalue weighted by molar-refractivity contribution is -0.131. The minimum atomic E-state index is 0.248. The number of hydrogen-bond donors (Lipinski definition) is 0. The van der Waals surface area contributed by atoms with E-state index < -0.39 is 0 Å². The van der Waals surface area contributed by atoms with Crippen LogP contribution in [0.25, 0.3) is 10.2 Å². The van der Waals surface area contributed by atoms with E-state index in [0.29, 0.717) is 6.42 Å². The number of hydrogen-bond acceptors (Lipinski definition) is 6. The third-order valence-corrected chi connectivity index (χ3v) is 8.13. The van der Waals surface area contributed by atoms with Crippen molar-refractivity contribution < 1.29 is 9.53 Å². The van der Waals surface area contributed by atoms with Crippen molar-refractivity contribution in [3.63, 3.8) is 0 Å². The molecule has 8 heteroatoms. The number of thiazole rings is 1. The summed E-state index contributed by atoms with van der Waals surface area (Å²) in [4.78, 5) is 22.9. The van der Waals surface area contributed by atoms with Gasteiger partial charge in [-0.2, -0.15) is 0 Å². The fourth-order valence-corrected chi connectivity index (χ4v) is 5.84. The topological polar surface area (TPSA) is 45.7 Å². The molecule has 4 rings (SSSR count). The van der Waals surface area contributed by atoms with Gasteiger partial charge in [-0.3, -0.25) is 4.79 Å². The van der Waals surface area contributed by atoms with Crippen molar-refractivity contribution in [1.82, 2.24) is 9.88 Å². The van der Waals surface area contributed by atoms with Crippen LogP contribution in [0, 0.1) is 6.92 Å². The number of aromatic nitrogens is 1. The summed E-state index contributed by atoms with van der Waals surface area (Å²) in [6.07, 6.45) is 1.48. The number of carbonyl (C=O) groups excluding carboxylic acids is 1. The average Bonchev–Trinajstić information content (AvgIpc) is 3.26. The Kier molecular flexibility index (Phi) is 7.25. The first-order valence-corrected chi connectivity index (χ1v) is 12.6. The monoisotopic (exact) mass is 475 g/mol. The van der Waals surface area contributed by atoms with E-state index in [0.717, 1.165) is 70.0 Å². The van der Waals surface area contributed by atoms with Gasteiger partial charge in [-0.05, 0) is 55.0 Å². The van der Waals surface area contributed by atoms with E-state index in [4.69, 9.17) is 21.3 Å². The summed E-state index contributed by atoms with van der Waals surface area (Å²) in [6, 6.07) is 12.0. The molecule has 2 heterocycles. The fourth-order valence-electron chi connectivity index (χ4n) is 3.62. The van der Waals surface area contributed by atoms with E-state index in [2.05, 4.69) is 24.0 Å². The number of nitrogens with zero attached hydrogens (tertiary/aromatic N) is 3. The number of anilines is 1. The zero-order chi connectivity index (χ0) is 21.8. The van der Waals surface area contributed by atoms with Gasteiger partial charge in [0.25, 0.3) is 0 Å². The standard InChI is InChI=1S/C23H26ClN3O2S2/c1-16-5-10-19(24)22-21(16)25-23(31-22)27-13-11-26(12-14-27)20(28)4-3-15-30-18-8-6-17(29-2)7-9-18/h5-10H,3-4,11-15H2,1-2H3. The van der Waals surface area contributed by atoms with Crippen LogP contribution in [0.15, 0.2) is 41.3 Å². The van der Waals surface area contributed by atoms with Crippen molar-refractivity contribution >= 4 is 56.0 Å². The van der Waals surface area contributed by atoms with Crippen molar-refractivity contribution in [2.45, 2.75) is 24.7 Å². The van der Waals surface area contributed by atoms with Gasteiger partial charge < -0.3 is 14.5 Å². The quantitative estimate of drug-likeness (QED) is 0.334. The Morgan fingerprint density at radius 1 is 1.16 bits per heavy atom. The summed E-state index contributed by atoms with van der Waals surface area (Å²) in [6.45, 7) is 5.16. The van der Waals surface area contributed by atoms with Crippen LogP contribution < -0.4 is 9.64 Å². The normalized spacial score (nSPS) is 14.3. The molecule has 2 aromatic carbocycles. The Morgan fingerprint density at radius 3 is 2.58 bits per heavy atom. The SMILES string of the molecule is COc1ccc(SCCCC(=O)N2CCN(c3nc4c(C)ccc(Cl)c4s3)CC2)cc1. The minimum Gasteiger partial charge on any atom is -0.497 e. The number of fused-ring (bicyclic) bond motifs is 1. The van der Waals surface area contributed by atoms with Gasteiger partial charge in [0.05, 0.1) is 22.3 Å². The molecule has 0 N–H and O–H groups in total. The summed E-state index contributed by atoms with van der Waals surface area (Å²) in [5.74, 6) is 2.05. The number of methoxy groups -OCH3 is 1. The van der Waals surface area contributed by atoms with Crippen LogP contribution in [0.5, 0.6) is 5.75 Å². The van der Waals surface area contributed by atoms with Crippen LogP contribution in [-0.2, 0) is 4.79 Å². The van der Waals surface area contributed by atoms with Crippen molar-refractivity contribution in [3.8, 4) is 5.75 Å². The van der Waals surface area contributed by atoms with Crippen LogP contribution in [0.1, 0.15) is 18.4 Å². The van der Waals surface area contributed by atoms with E-state index in [1.165, 1.54) is 4.90 Å². The highest BCUT2D eigenvalue weighted by Gasteiger charge is 2.23. The first-order chi connectivity index (χ1) is 15.0. The molecule has 0 bridgehead atoms. The number of carbonyl (C=O) groups is 1. The van der Waals surface area contributed by atoms with Gasteiger partial charge in [0, 0.05) is 37.5 Å². The average molecular weight is 476 g/mol. The number of amides is 1. The highest BCUT2D eigenvalue weighted by atomic mass is 35.5. The lowest BCUT2D eigenvalue weighted by Crippen LogP contribution is -2.48. The van der Waals surface area contributed by atoms with Gasteiger partial charge in [0.2, 0.25) is 5.91 Å². The van der Waals surface area contributed by atoms with Crippen molar-refractivity contribution in [2.24, 2.45) is 0 Å². The molecule has 0 atom stereocenters. The molecule has 1 aromatic heterocycles. The molecular formula is C23H26ClN3O2S2. The lowest BCUT2D eigenvalue weighted by atomic mass is 10.2. The Hall–Kier alpha value is -1.96. The smallest absolute Gasteiger partial charge is 0.222 e. The summed E-state index contributed by atoms with van der Waals surface area (Å²) < 4.78 is 6.23. The summed E-state index contributed by atoms with van der Waals surface area (Å²) in [5.41, 5.74) is 2.13. The molecule has 5 nitrogen and oxygen atoms in total. The van der Waals surface area contributed by atoms with E-state index in [1.54, 1.807) is 30.2 Å². The zero-order valence-corrected chi connectivity index (χ0v) is 20.2. The first-order valence-electron chi connectivity index (χ1n) is 10.4. The summed E-state index contributed by atoms with van der Waals surface area (Å²) in [5, 5.41) is 1.75. The van der Waals surface area contributed by atoms with Crippen LogP contribution in [0.2, 0.25) is 5.02 Å². The van der Waals surface area contributed by atoms with Gasteiger partial charge in [-0.25, -0.2) is 4.98 Å². The molecule has 1 saturated heterocycles. The maximum atomic E-state index is 12.6. The predicted octanol–water partition coefficient (Wildman–Crippen LogP) is 5.49. The second-order valence-electron chi connectivity index (χ2n) is 7.53.